The first-order valence-corrected chi connectivity index (χ1v) is 4.63. The minimum Gasteiger partial charge on any atom is -0.354 e. The molecule has 0 amide bonds. The average molecular weight is 214 g/mol. The van der Waals surface area contributed by atoms with E-state index in [2.05, 4.69) is 15.6 Å². The number of guanidine groups is 1. The van der Waals surface area contributed by atoms with Crippen LogP contribution >= 0.6 is 11.6 Å². The molecule has 0 spiro atoms. The predicted molar refractivity (Wildman–Crippen MR) is 55.3 cm³/mol. The molecule has 0 bridgehead atoms. The number of nitrogens with zero attached hydrogens (tertiary/aromatic N) is 1. The molecular weight excluding hydrogens is 205 g/mol. The number of hydrogen-bond acceptors (Lipinski definition) is 3. The summed E-state index contributed by atoms with van der Waals surface area (Å²) in [7, 11) is 0. The van der Waals surface area contributed by atoms with Gasteiger partial charge in [0, 0.05) is 17.3 Å². The second kappa shape index (κ2) is 3.84. The lowest BCUT2D eigenvalue weighted by atomic mass is 10.3. The predicted octanol–water partition coefficient (Wildman–Crippen LogP) is 1.85. The van der Waals surface area contributed by atoms with Gasteiger partial charge in [-0.2, -0.15) is 0 Å². The van der Waals surface area contributed by atoms with E-state index in [4.69, 9.17) is 11.6 Å². The van der Waals surface area contributed by atoms with Crippen LogP contribution in [-0.2, 0) is 0 Å². The van der Waals surface area contributed by atoms with Crippen molar-refractivity contribution in [3.05, 3.63) is 29.0 Å². The monoisotopic (exact) mass is 213 g/mol. The highest BCUT2D eigenvalue weighted by Gasteiger charge is 2.05. The molecule has 1 aliphatic heterocycles. The van der Waals surface area contributed by atoms with Crippen LogP contribution in [0.4, 0.5) is 10.1 Å². The highest BCUT2D eigenvalue weighted by atomic mass is 35.5. The fourth-order valence-corrected chi connectivity index (χ4v) is 1.47. The summed E-state index contributed by atoms with van der Waals surface area (Å²) in [5.74, 6) is 0.297. The molecule has 0 fully saturated rings. The summed E-state index contributed by atoms with van der Waals surface area (Å²) in [6.45, 7) is 1.55. The van der Waals surface area contributed by atoms with Crippen LogP contribution in [0.1, 0.15) is 0 Å². The van der Waals surface area contributed by atoms with Gasteiger partial charge in [-0.05, 0) is 18.2 Å². The van der Waals surface area contributed by atoms with E-state index in [0.717, 1.165) is 13.1 Å². The average Bonchev–Trinajstić information content (AvgIpc) is 2.54. The van der Waals surface area contributed by atoms with Crippen LogP contribution in [0.5, 0.6) is 0 Å². The van der Waals surface area contributed by atoms with Crippen LogP contribution in [0.15, 0.2) is 23.2 Å². The van der Waals surface area contributed by atoms with E-state index in [1.807, 2.05) is 0 Å². The van der Waals surface area contributed by atoms with Gasteiger partial charge in [0.1, 0.15) is 5.82 Å². The Hall–Kier alpha value is -1.29. The third-order valence-corrected chi connectivity index (χ3v) is 2.02. The molecule has 0 saturated carbocycles. The number of halogens is 2. The Morgan fingerprint density at radius 2 is 2.29 bits per heavy atom. The van der Waals surface area contributed by atoms with Gasteiger partial charge < -0.3 is 10.6 Å². The molecule has 5 heteroatoms. The Morgan fingerprint density at radius 1 is 1.43 bits per heavy atom. The number of rotatable bonds is 1. The van der Waals surface area contributed by atoms with Crippen LogP contribution in [0, 0.1) is 5.82 Å². The van der Waals surface area contributed by atoms with Crippen molar-refractivity contribution < 1.29 is 4.39 Å². The van der Waals surface area contributed by atoms with E-state index in [9.17, 15) is 4.39 Å². The molecular formula is C9H9ClFN3. The van der Waals surface area contributed by atoms with Crippen molar-refractivity contribution in [1.29, 1.82) is 0 Å². The number of anilines is 1. The molecule has 74 valence electrons. The van der Waals surface area contributed by atoms with E-state index >= 15 is 0 Å². The Morgan fingerprint density at radius 3 is 2.93 bits per heavy atom. The molecule has 1 aromatic carbocycles. The highest BCUT2D eigenvalue weighted by Crippen LogP contribution is 2.17. The third kappa shape index (κ3) is 2.14. The van der Waals surface area contributed by atoms with Crippen LogP contribution in [0.3, 0.4) is 0 Å². The van der Waals surface area contributed by atoms with Gasteiger partial charge in [0.25, 0.3) is 0 Å². The zero-order valence-electron chi connectivity index (χ0n) is 7.35. The van der Waals surface area contributed by atoms with Gasteiger partial charge in [-0.15, -0.1) is 0 Å². The second-order valence-corrected chi connectivity index (χ2v) is 3.38. The molecule has 2 rings (SSSR count). The van der Waals surface area contributed by atoms with Crippen LogP contribution in [0.2, 0.25) is 5.02 Å². The number of benzene rings is 1. The molecule has 1 aliphatic rings. The maximum atomic E-state index is 12.9. The van der Waals surface area contributed by atoms with E-state index in [0.29, 0.717) is 16.7 Å². The largest absolute Gasteiger partial charge is 0.354 e. The lowest BCUT2D eigenvalue weighted by Gasteiger charge is -2.06. The first kappa shape index (κ1) is 9.27. The summed E-state index contributed by atoms with van der Waals surface area (Å²) in [4.78, 5) is 4.12. The standard InChI is InChI=1S/C9H9ClFN3/c10-6-3-7(11)5-8(4-6)14-9-12-1-2-13-9/h3-5H,1-2H2,(H2,12,13,14). The van der Waals surface area contributed by atoms with Crippen molar-refractivity contribution in [1.82, 2.24) is 5.32 Å². The zero-order valence-corrected chi connectivity index (χ0v) is 8.11. The summed E-state index contributed by atoms with van der Waals surface area (Å²) < 4.78 is 12.9. The molecule has 3 nitrogen and oxygen atoms in total. The lowest BCUT2D eigenvalue weighted by Crippen LogP contribution is -2.26. The van der Waals surface area contributed by atoms with Gasteiger partial charge in [0.2, 0.25) is 0 Å². The van der Waals surface area contributed by atoms with Gasteiger partial charge in [-0.25, -0.2) is 4.39 Å². The minimum absolute atomic E-state index is 0.362. The Balaban J connectivity index is 2.15. The Labute approximate surface area is 86.0 Å². The molecule has 1 aromatic rings. The number of hydrogen-bond donors (Lipinski definition) is 2. The maximum absolute atomic E-state index is 12.9. The van der Waals surface area contributed by atoms with Crippen molar-refractivity contribution in [2.75, 3.05) is 18.4 Å². The molecule has 0 saturated heterocycles. The molecule has 0 radical (unpaired) electrons. The van der Waals surface area contributed by atoms with Gasteiger partial charge in [0.05, 0.1) is 6.54 Å². The topological polar surface area (TPSA) is 36.4 Å². The van der Waals surface area contributed by atoms with E-state index in [1.165, 1.54) is 12.1 Å². The molecule has 2 N–H and O–H groups in total. The zero-order chi connectivity index (χ0) is 9.97. The van der Waals surface area contributed by atoms with Gasteiger partial charge in [-0.1, -0.05) is 11.6 Å². The van der Waals surface area contributed by atoms with E-state index in [-0.39, 0.29) is 5.82 Å². The smallest absolute Gasteiger partial charge is 0.195 e. The fraction of sp³-hybridized carbons (Fsp3) is 0.222. The molecule has 0 aromatic heterocycles. The summed E-state index contributed by atoms with van der Waals surface area (Å²) in [6.07, 6.45) is 0. The van der Waals surface area contributed by atoms with E-state index in [1.54, 1.807) is 6.07 Å². The summed E-state index contributed by atoms with van der Waals surface area (Å²) in [5.41, 5.74) is 0.600. The van der Waals surface area contributed by atoms with Crippen LogP contribution < -0.4 is 10.6 Å². The minimum atomic E-state index is -0.362. The lowest BCUT2D eigenvalue weighted by molar-refractivity contribution is 0.628. The van der Waals surface area contributed by atoms with Crippen molar-refractivity contribution in [3.63, 3.8) is 0 Å². The highest BCUT2D eigenvalue weighted by molar-refractivity contribution is 6.30. The third-order valence-electron chi connectivity index (χ3n) is 1.80. The SMILES string of the molecule is Fc1cc(Cl)cc(NC2=NCCN2)c1. The molecule has 1 heterocycles. The quantitative estimate of drug-likeness (QED) is 0.747. The van der Waals surface area contributed by atoms with Gasteiger partial charge in [-0.3, -0.25) is 4.99 Å². The summed E-state index contributed by atoms with van der Waals surface area (Å²) in [6, 6.07) is 4.28. The molecule has 0 atom stereocenters. The molecule has 14 heavy (non-hydrogen) atoms. The van der Waals surface area contributed by atoms with Gasteiger partial charge >= 0.3 is 0 Å². The first-order valence-electron chi connectivity index (χ1n) is 4.25. The first-order chi connectivity index (χ1) is 6.74. The van der Waals surface area contributed by atoms with Crippen molar-refractivity contribution in [2.24, 2.45) is 4.99 Å². The van der Waals surface area contributed by atoms with Crippen molar-refractivity contribution in [2.45, 2.75) is 0 Å². The van der Waals surface area contributed by atoms with Crippen molar-refractivity contribution >= 4 is 23.2 Å². The summed E-state index contributed by atoms with van der Waals surface area (Å²) in [5, 5.41) is 6.32. The number of aliphatic imine (C=N–C) groups is 1. The maximum Gasteiger partial charge on any atom is 0.195 e. The normalized spacial score (nSPS) is 14.9. The van der Waals surface area contributed by atoms with E-state index < -0.39 is 0 Å². The van der Waals surface area contributed by atoms with Crippen molar-refractivity contribution in [3.8, 4) is 0 Å². The Kier molecular flexibility index (Phi) is 2.54. The van der Waals surface area contributed by atoms with Crippen LogP contribution in [-0.4, -0.2) is 19.0 Å². The fourth-order valence-electron chi connectivity index (χ4n) is 1.24. The van der Waals surface area contributed by atoms with Gasteiger partial charge in [0.15, 0.2) is 5.96 Å². The second-order valence-electron chi connectivity index (χ2n) is 2.94. The van der Waals surface area contributed by atoms with Crippen LogP contribution in [0.25, 0.3) is 0 Å². The number of nitrogens with one attached hydrogen (secondary N) is 2. The summed E-state index contributed by atoms with van der Waals surface area (Å²) >= 11 is 5.70. The molecule has 0 unspecified atom stereocenters. The molecule has 0 aliphatic carbocycles. The Bertz CT molecular complexity index is 358.